The van der Waals surface area contributed by atoms with E-state index >= 15 is 0 Å². The smallest absolute Gasteiger partial charge is 0.0317 e. The fourth-order valence-electron chi connectivity index (χ4n) is 3.41. The van der Waals surface area contributed by atoms with E-state index in [9.17, 15) is 0 Å². The van der Waals surface area contributed by atoms with Crippen LogP contribution >= 0.6 is 0 Å². The van der Waals surface area contributed by atoms with Crippen LogP contribution in [-0.2, 0) is 0 Å². The predicted octanol–water partition coefficient (Wildman–Crippen LogP) is 6.75. The maximum absolute atomic E-state index is 3.70. The lowest BCUT2D eigenvalue weighted by Gasteiger charge is -2.14. The van der Waals surface area contributed by atoms with Crippen LogP contribution in [0, 0.1) is 20.8 Å². The van der Waals surface area contributed by atoms with Crippen LogP contribution in [0.15, 0.2) is 78.5 Å². The fraction of sp³-hybridized carbons (Fsp3) is 0.160. The van der Waals surface area contributed by atoms with Crippen molar-refractivity contribution >= 4 is 11.1 Å². The molecule has 0 aliphatic heterocycles. The molecule has 0 bridgehead atoms. The van der Waals surface area contributed by atoms with Crippen molar-refractivity contribution in [2.75, 3.05) is 0 Å². The van der Waals surface area contributed by atoms with Gasteiger partial charge in [-0.1, -0.05) is 78.4 Å². The Morgan fingerprint density at radius 1 is 0.680 bits per heavy atom. The summed E-state index contributed by atoms with van der Waals surface area (Å²) in [5.41, 5.74) is 13.6. The van der Waals surface area contributed by atoms with Crippen LogP contribution in [0.25, 0.3) is 11.1 Å². The number of benzene rings is 3. The maximum atomic E-state index is 3.70. The topological polar surface area (TPSA) is 0 Å². The number of hydrogen-bond donors (Lipinski definition) is 0. The molecule has 0 saturated carbocycles. The highest BCUT2D eigenvalue weighted by Gasteiger charge is 2.11. The zero-order chi connectivity index (χ0) is 17.8. The Morgan fingerprint density at radius 3 is 1.68 bits per heavy atom. The van der Waals surface area contributed by atoms with Gasteiger partial charge in [0, 0.05) is 5.57 Å². The first-order chi connectivity index (χ1) is 12.1. The Kier molecular flexibility index (Phi) is 5.03. The van der Waals surface area contributed by atoms with Crippen molar-refractivity contribution in [2.45, 2.75) is 27.7 Å². The van der Waals surface area contributed by atoms with Gasteiger partial charge in [0.25, 0.3) is 0 Å². The zero-order valence-electron chi connectivity index (χ0n) is 15.4. The molecular formula is C25H24. The molecule has 0 heteroatoms. The molecule has 3 rings (SSSR count). The zero-order valence-corrected chi connectivity index (χ0v) is 15.4. The van der Waals surface area contributed by atoms with Crippen LogP contribution in [-0.4, -0.2) is 0 Å². The molecule has 0 unspecified atom stereocenters. The monoisotopic (exact) mass is 324 g/mol. The van der Waals surface area contributed by atoms with Crippen molar-refractivity contribution in [1.82, 2.24) is 0 Å². The van der Waals surface area contributed by atoms with Gasteiger partial charge < -0.3 is 0 Å². The van der Waals surface area contributed by atoms with E-state index in [-0.39, 0.29) is 0 Å². The molecule has 3 aromatic carbocycles. The number of hydrogen-bond acceptors (Lipinski definition) is 0. The van der Waals surface area contributed by atoms with E-state index in [1.165, 1.54) is 33.4 Å². The summed E-state index contributed by atoms with van der Waals surface area (Å²) in [5.74, 6) is 0. The Hall–Kier alpha value is -2.82. The van der Waals surface area contributed by atoms with Gasteiger partial charge in [-0.25, -0.2) is 0 Å². The third kappa shape index (κ3) is 3.82. The average molecular weight is 324 g/mol. The maximum Gasteiger partial charge on any atom is 0.0317 e. The molecule has 0 aromatic heterocycles. The van der Waals surface area contributed by atoms with Gasteiger partial charge >= 0.3 is 0 Å². The molecule has 0 N–H and O–H groups in total. The van der Waals surface area contributed by atoms with Gasteiger partial charge in [0.15, 0.2) is 0 Å². The predicted molar refractivity (Wildman–Crippen MR) is 109 cm³/mol. The van der Waals surface area contributed by atoms with Crippen LogP contribution in [0.1, 0.15) is 40.3 Å². The molecule has 0 nitrogen and oxygen atoms in total. The Balaban J connectivity index is 2.31. The fourth-order valence-corrected chi connectivity index (χ4v) is 3.41. The van der Waals surface area contributed by atoms with Crippen molar-refractivity contribution in [1.29, 1.82) is 0 Å². The third-order valence-corrected chi connectivity index (χ3v) is 4.51. The third-order valence-electron chi connectivity index (χ3n) is 4.51. The summed E-state index contributed by atoms with van der Waals surface area (Å²) in [7, 11) is 0. The van der Waals surface area contributed by atoms with Gasteiger partial charge in [-0.05, 0) is 61.1 Å². The van der Waals surface area contributed by atoms with Crippen molar-refractivity contribution in [2.24, 2.45) is 0 Å². The van der Waals surface area contributed by atoms with Crippen molar-refractivity contribution in [3.8, 4) is 0 Å². The van der Waals surface area contributed by atoms with E-state index in [0.29, 0.717) is 0 Å². The van der Waals surface area contributed by atoms with E-state index in [2.05, 4.69) is 100 Å². The average Bonchev–Trinajstić information content (AvgIpc) is 2.61. The molecule has 3 aromatic rings. The van der Waals surface area contributed by atoms with Crippen LogP contribution in [0.4, 0.5) is 0 Å². The second-order valence-electron chi connectivity index (χ2n) is 6.63. The molecular weight excluding hydrogens is 300 g/mol. The van der Waals surface area contributed by atoms with Gasteiger partial charge in [0.1, 0.15) is 0 Å². The van der Waals surface area contributed by atoms with Gasteiger partial charge in [0.2, 0.25) is 0 Å². The minimum Gasteiger partial charge on any atom is -0.108 e. The normalized spacial score (nSPS) is 10.2. The molecule has 124 valence electrons. The van der Waals surface area contributed by atoms with Gasteiger partial charge in [-0.3, -0.25) is 0 Å². The van der Waals surface area contributed by atoms with Gasteiger partial charge in [0.05, 0.1) is 0 Å². The summed E-state index contributed by atoms with van der Waals surface area (Å²) in [5, 5.41) is 0. The highest BCUT2D eigenvalue weighted by Crippen LogP contribution is 2.30. The van der Waals surface area contributed by atoms with Crippen LogP contribution < -0.4 is 0 Å². The molecule has 0 fully saturated rings. The summed E-state index contributed by atoms with van der Waals surface area (Å²) in [6.07, 6.45) is 0. The lowest BCUT2D eigenvalue weighted by Crippen LogP contribution is -1.96. The standard InChI is InChI=1S/C25H24/c1-18-15-20(3)25(21(4)16-18)24(23-13-9-6-10-14-23)17-19(2)22-11-7-5-8-12-22/h5-16H,1-4H3. The summed E-state index contributed by atoms with van der Waals surface area (Å²) >= 11 is 0. The molecule has 25 heavy (non-hydrogen) atoms. The summed E-state index contributed by atoms with van der Waals surface area (Å²) in [4.78, 5) is 0. The quantitative estimate of drug-likeness (QED) is 0.468. The molecule has 0 spiro atoms. The van der Waals surface area contributed by atoms with E-state index < -0.39 is 0 Å². The molecule has 0 atom stereocenters. The molecule has 0 aliphatic carbocycles. The number of rotatable bonds is 3. The molecule has 0 heterocycles. The molecule has 0 amide bonds. The Labute approximate surface area is 151 Å². The SMILES string of the molecule is CC(=C=C(c1ccccc1)c1c(C)cc(C)cc1C)c1ccccc1. The van der Waals surface area contributed by atoms with E-state index in [1.807, 2.05) is 6.07 Å². The first-order valence-electron chi connectivity index (χ1n) is 8.73. The second kappa shape index (κ2) is 7.38. The Bertz CT molecular complexity index is 915. The highest BCUT2D eigenvalue weighted by atomic mass is 14.1. The van der Waals surface area contributed by atoms with E-state index in [0.717, 1.165) is 11.1 Å². The van der Waals surface area contributed by atoms with E-state index in [1.54, 1.807) is 0 Å². The lowest BCUT2D eigenvalue weighted by molar-refractivity contribution is 1.29. The van der Waals surface area contributed by atoms with Crippen LogP contribution in [0.2, 0.25) is 0 Å². The molecule has 0 aliphatic rings. The molecule has 0 saturated heterocycles. The number of aryl methyl sites for hydroxylation is 3. The first kappa shape index (κ1) is 17.0. The van der Waals surface area contributed by atoms with Crippen molar-refractivity contribution in [3.63, 3.8) is 0 Å². The molecule has 0 radical (unpaired) electrons. The van der Waals surface area contributed by atoms with Crippen LogP contribution in [0.5, 0.6) is 0 Å². The minimum absolute atomic E-state index is 1.15. The summed E-state index contributed by atoms with van der Waals surface area (Å²) < 4.78 is 0. The van der Waals surface area contributed by atoms with Gasteiger partial charge in [-0.15, -0.1) is 5.73 Å². The van der Waals surface area contributed by atoms with Gasteiger partial charge in [-0.2, -0.15) is 0 Å². The summed E-state index contributed by atoms with van der Waals surface area (Å²) in [6, 6.07) is 25.6. The van der Waals surface area contributed by atoms with Crippen molar-refractivity contribution in [3.05, 3.63) is 112 Å². The largest absolute Gasteiger partial charge is 0.108 e. The van der Waals surface area contributed by atoms with Crippen molar-refractivity contribution < 1.29 is 0 Å². The van der Waals surface area contributed by atoms with Crippen LogP contribution in [0.3, 0.4) is 0 Å². The second-order valence-corrected chi connectivity index (χ2v) is 6.63. The minimum atomic E-state index is 1.15. The summed E-state index contributed by atoms with van der Waals surface area (Å²) in [6.45, 7) is 8.67. The van der Waals surface area contributed by atoms with E-state index in [4.69, 9.17) is 0 Å². The lowest BCUT2D eigenvalue weighted by atomic mass is 9.89. The Morgan fingerprint density at radius 2 is 1.16 bits per heavy atom. The number of allylic oxidation sites excluding steroid dienone is 1. The highest BCUT2D eigenvalue weighted by molar-refractivity contribution is 5.86. The first-order valence-corrected chi connectivity index (χ1v) is 8.73.